The molecule has 0 unspecified atom stereocenters. The second kappa shape index (κ2) is 25.7. The van der Waals surface area contributed by atoms with Crippen molar-refractivity contribution in [2.45, 2.75) is 33.3 Å². The van der Waals surface area contributed by atoms with Crippen molar-refractivity contribution < 1.29 is 26.1 Å². The van der Waals surface area contributed by atoms with Crippen molar-refractivity contribution in [3.63, 3.8) is 0 Å². The van der Waals surface area contributed by atoms with E-state index in [4.69, 9.17) is 66.2 Å². The first-order valence-electron chi connectivity index (χ1n) is 18.3. The van der Waals surface area contributed by atoms with Crippen LogP contribution in [0.15, 0.2) is 111 Å². The average molecular weight is 949 g/mol. The van der Waals surface area contributed by atoms with Gasteiger partial charge in [-0.1, -0.05) is 47.5 Å². The Labute approximate surface area is 394 Å². The Morgan fingerprint density at radius 1 is 0.694 bits per heavy atom. The van der Waals surface area contributed by atoms with Gasteiger partial charge in [0.2, 0.25) is 25.2 Å². The standard InChI is InChI=1S/C17H16ClN3O4S3.C17H16ClN3O2S2.B9/c1-24-25-27-17-19-10-9-14(21-17)15-6-7-16(26-15)28(22,23)20-11-8-12-2-4-13(18)5-3-12;1-12-19-10-9-15(21-12)16-6-7-17(24-16)25(22,23)20-11-8-13-2-4-14(18)5-3-13;1-6-9(7(2)3)8(4)5/h2-7,9-10,20H,8,11H2,1H3;2-7,9-10,20H,8,11H2,1H3;. The molecule has 6 rings (SSSR count). The maximum absolute atomic E-state index is 12.5. The number of rotatable bonds is 18. The summed E-state index contributed by atoms with van der Waals surface area (Å²) in [7, 11) is 21.7. The van der Waals surface area contributed by atoms with Gasteiger partial charge in [0.1, 0.15) is 26.3 Å². The third-order valence-corrected chi connectivity index (χ3v) is 15.3. The zero-order chi connectivity index (χ0) is 45.3. The van der Waals surface area contributed by atoms with Crippen LogP contribution in [-0.4, -0.2) is 122 Å². The van der Waals surface area contributed by atoms with Crippen molar-refractivity contribution in [1.29, 1.82) is 0 Å². The van der Waals surface area contributed by atoms with E-state index < -0.39 is 32.8 Å². The number of hydrogen-bond acceptors (Lipinski definition) is 13. The fraction of sp³-hybridized carbons (Fsp3) is 0.176. The quantitative estimate of drug-likeness (QED) is 0.0418. The average Bonchev–Trinajstić information content (AvgIpc) is 3.95. The molecule has 0 spiro atoms. The molecule has 0 aliphatic heterocycles. The molecule has 4 aromatic heterocycles. The Morgan fingerprint density at radius 2 is 1.15 bits per heavy atom. The molecule has 0 atom stereocenters. The molecule has 0 amide bonds. The number of hydrogen-bond donors (Lipinski definition) is 2. The lowest BCUT2D eigenvalue weighted by Crippen LogP contribution is -2.55. The normalized spacial score (nSPS) is 11.1. The van der Waals surface area contributed by atoms with Crippen LogP contribution in [-0.2, 0) is 42.1 Å². The van der Waals surface area contributed by atoms with Crippen LogP contribution < -0.4 is 9.44 Å². The number of thiophene rings is 2. The van der Waals surface area contributed by atoms with Crippen molar-refractivity contribution >= 4 is 143 Å². The first-order chi connectivity index (χ1) is 29.5. The molecule has 305 valence electrons. The summed E-state index contributed by atoms with van der Waals surface area (Å²) in [4.78, 5) is 22.7. The van der Waals surface area contributed by atoms with Gasteiger partial charge in [0.15, 0.2) is 0 Å². The summed E-state index contributed by atoms with van der Waals surface area (Å²) >= 11 is 14.9. The molecule has 6 aromatic rings. The Bertz CT molecular complexity index is 2530. The highest BCUT2D eigenvalue weighted by Crippen LogP contribution is 2.31. The minimum absolute atomic E-state index is 0.222. The smallest absolute Gasteiger partial charge is 0.242 e. The van der Waals surface area contributed by atoms with E-state index in [-0.39, 0.29) is 14.8 Å². The Hall–Kier alpha value is -2.75. The first kappa shape index (κ1) is 51.9. The molecule has 62 heavy (non-hydrogen) atoms. The van der Waals surface area contributed by atoms with E-state index in [1.165, 1.54) is 25.5 Å². The summed E-state index contributed by atoms with van der Waals surface area (Å²) in [6, 6.07) is 24.8. The highest BCUT2D eigenvalue weighted by Gasteiger charge is 2.20. The molecule has 0 saturated carbocycles. The molecule has 12 nitrogen and oxygen atoms in total. The van der Waals surface area contributed by atoms with Gasteiger partial charge in [0, 0.05) is 100 Å². The van der Waals surface area contributed by atoms with Crippen LogP contribution >= 0.6 is 57.9 Å². The highest BCUT2D eigenvalue weighted by molar-refractivity contribution is 7.94. The third-order valence-electron chi connectivity index (χ3n) is 8.13. The van der Waals surface area contributed by atoms with Crippen molar-refractivity contribution in [1.82, 2.24) is 29.4 Å². The number of sulfonamides is 2. The van der Waals surface area contributed by atoms with Crippen molar-refractivity contribution in [3.8, 4) is 21.1 Å². The van der Waals surface area contributed by atoms with E-state index in [1.807, 2.05) is 24.3 Å². The number of aromatic nitrogens is 4. The zero-order valence-electron chi connectivity index (χ0n) is 33.3. The molecule has 0 saturated heterocycles. The van der Waals surface area contributed by atoms with E-state index >= 15 is 0 Å². The van der Waals surface area contributed by atoms with Gasteiger partial charge in [-0.2, -0.15) is 4.33 Å². The maximum atomic E-state index is 12.5. The monoisotopic (exact) mass is 949 g/mol. The third kappa shape index (κ3) is 17.0. The maximum Gasteiger partial charge on any atom is 0.250 e. The van der Waals surface area contributed by atoms with E-state index in [1.54, 1.807) is 80.0 Å². The molecule has 28 heteroatoms. The van der Waals surface area contributed by atoms with Gasteiger partial charge < -0.3 is 0 Å². The van der Waals surface area contributed by atoms with Crippen LogP contribution in [0.2, 0.25) is 10.0 Å². The Kier molecular flexibility index (Phi) is 21.5. The molecule has 0 fully saturated rings. The molecular formula is C34H32B9Cl2N6O6S5. The minimum atomic E-state index is -3.60. The van der Waals surface area contributed by atoms with Gasteiger partial charge in [-0.05, 0) is 91.6 Å². The van der Waals surface area contributed by atoms with Crippen LogP contribution in [0.4, 0.5) is 0 Å². The van der Waals surface area contributed by atoms with Crippen LogP contribution in [0.5, 0.6) is 0 Å². The predicted molar refractivity (Wildman–Crippen MR) is 262 cm³/mol. The van der Waals surface area contributed by atoms with E-state index in [0.717, 1.165) is 45.1 Å². The largest absolute Gasteiger partial charge is 0.250 e. The summed E-state index contributed by atoms with van der Waals surface area (Å²) in [5, 5.41) is 1.67. The predicted octanol–water partition coefficient (Wildman–Crippen LogP) is 4.23. The molecule has 0 bridgehead atoms. The highest BCUT2D eigenvalue weighted by atomic mass is 35.5. The van der Waals surface area contributed by atoms with Gasteiger partial charge in [0.25, 0.3) is 0 Å². The van der Waals surface area contributed by atoms with Crippen LogP contribution in [0.25, 0.3) is 21.1 Å². The molecule has 2 aromatic carbocycles. The fourth-order valence-corrected chi connectivity index (χ4v) is 10.3. The topological polar surface area (TPSA) is 162 Å². The molecule has 4 heterocycles. The lowest BCUT2D eigenvalue weighted by atomic mass is 8.64. The van der Waals surface area contributed by atoms with Gasteiger partial charge in [0.05, 0.1) is 28.3 Å². The summed E-state index contributed by atoms with van der Waals surface area (Å²) < 4.78 is 60.4. The number of halogens is 2. The van der Waals surface area contributed by atoms with Crippen LogP contribution in [0, 0.1) is 6.92 Å². The molecule has 0 aliphatic rings. The van der Waals surface area contributed by atoms with Crippen molar-refractivity contribution in [2.24, 2.45) is 0 Å². The first-order valence-corrected chi connectivity index (χ1v) is 24.4. The second-order valence-corrected chi connectivity index (χ2v) is 20.4. The van der Waals surface area contributed by atoms with Crippen LogP contribution in [0.1, 0.15) is 17.0 Å². The van der Waals surface area contributed by atoms with E-state index in [2.05, 4.69) is 34.3 Å². The van der Waals surface area contributed by atoms with E-state index in [0.29, 0.717) is 57.5 Å². The number of nitrogens with zero attached hydrogens (tertiary/aromatic N) is 4. The Morgan fingerprint density at radius 3 is 1.55 bits per heavy atom. The summed E-state index contributed by atoms with van der Waals surface area (Å²) in [5.41, 5.74) is 3.35. The number of benzene rings is 2. The Balaban J connectivity index is 0.000000229. The summed E-state index contributed by atoms with van der Waals surface area (Å²) in [6.45, 7) is 2.41. The fourth-order valence-electron chi connectivity index (χ4n) is 5.00. The molecule has 2 N–H and O–H groups in total. The van der Waals surface area contributed by atoms with E-state index in [9.17, 15) is 16.8 Å². The lowest BCUT2D eigenvalue weighted by molar-refractivity contribution is -0.160. The lowest BCUT2D eigenvalue weighted by Gasteiger charge is -2.17. The number of nitrogens with one attached hydrogen (secondary N) is 2. The van der Waals surface area contributed by atoms with Crippen LogP contribution in [0.3, 0.4) is 0 Å². The SMILES string of the molecule is COOSc1nccc(-c2ccc(S(=O)(=O)NCCc3ccc(Cl)cc3)s2)n1.Cc1nccc(-c2ccc(S(=O)(=O)NCCc3ccc(Cl)cc3)s2)n1.[B][B]B(B([B])[B])B([B])[B]. The molecule has 11 radical (unpaired) electrons. The van der Waals surface area contributed by atoms with Gasteiger partial charge in [-0.3, -0.25) is 0 Å². The number of aryl methyl sites for hydroxylation is 1. The molecular weight excluding hydrogens is 917 g/mol. The van der Waals surface area contributed by atoms with Crippen molar-refractivity contribution in [2.75, 3.05) is 20.2 Å². The zero-order valence-corrected chi connectivity index (χ0v) is 38.9. The molecule has 0 aliphatic carbocycles. The minimum Gasteiger partial charge on any atom is -0.242 e. The van der Waals surface area contributed by atoms with Crippen molar-refractivity contribution in [3.05, 3.63) is 124 Å². The summed E-state index contributed by atoms with van der Waals surface area (Å²) in [6.07, 6.45) is 2.94. The summed E-state index contributed by atoms with van der Waals surface area (Å²) in [5.74, 6) is 0.649. The van der Waals surface area contributed by atoms with Gasteiger partial charge >= 0.3 is 0 Å². The second-order valence-electron chi connectivity index (χ2n) is 12.7. The van der Waals surface area contributed by atoms with Gasteiger partial charge in [-0.25, -0.2) is 51.1 Å². The van der Waals surface area contributed by atoms with Gasteiger partial charge in [-0.15, -0.1) is 22.7 Å².